The van der Waals surface area contributed by atoms with Crippen LogP contribution in [0, 0.1) is 5.82 Å². The lowest BCUT2D eigenvalue weighted by molar-refractivity contribution is -0.140. The average molecular weight is 371 g/mol. The maximum atomic E-state index is 13.4. The molecular formula is C21H22FNO4. The van der Waals surface area contributed by atoms with Gasteiger partial charge in [-0.3, -0.25) is 4.79 Å². The number of amides is 1. The molecule has 1 N–H and O–H groups in total. The number of hydrogen-bond acceptors (Lipinski definition) is 3. The Morgan fingerprint density at radius 1 is 1.07 bits per heavy atom. The quantitative estimate of drug-likeness (QED) is 0.876. The molecule has 3 rings (SSSR count). The Bertz CT molecular complexity index is 811. The maximum absolute atomic E-state index is 13.4. The molecule has 0 unspecified atom stereocenters. The van der Waals surface area contributed by atoms with Gasteiger partial charge in [-0.2, -0.15) is 0 Å². The monoisotopic (exact) mass is 371 g/mol. The molecule has 0 radical (unpaired) electrons. The third kappa shape index (κ3) is 4.01. The van der Waals surface area contributed by atoms with Crippen LogP contribution in [0.5, 0.6) is 0 Å². The summed E-state index contributed by atoms with van der Waals surface area (Å²) in [4.78, 5) is 26.0. The molecular weight excluding hydrogens is 349 g/mol. The normalized spacial score (nSPS) is 15.9. The van der Waals surface area contributed by atoms with E-state index in [1.807, 2.05) is 0 Å². The van der Waals surface area contributed by atoms with Gasteiger partial charge in [0.25, 0.3) is 0 Å². The SMILES string of the molecule is CN(Cc1ccc(C(=O)O)cc1)C(=O)C1(c2ccc(F)cc2)CCOCC1. The van der Waals surface area contributed by atoms with Crippen LogP contribution in [0.25, 0.3) is 0 Å². The molecule has 0 bridgehead atoms. The Labute approximate surface area is 157 Å². The second kappa shape index (κ2) is 7.88. The summed E-state index contributed by atoms with van der Waals surface area (Å²) in [6.07, 6.45) is 1.08. The van der Waals surface area contributed by atoms with Crippen molar-refractivity contribution in [2.45, 2.75) is 24.8 Å². The van der Waals surface area contributed by atoms with Gasteiger partial charge >= 0.3 is 5.97 Å². The summed E-state index contributed by atoms with van der Waals surface area (Å²) in [5, 5.41) is 8.99. The van der Waals surface area contributed by atoms with Crippen LogP contribution in [0.2, 0.25) is 0 Å². The Hall–Kier alpha value is -2.73. The van der Waals surface area contributed by atoms with Gasteiger partial charge in [0.05, 0.1) is 11.0 Å². The summed E-state index contributed by atoms with van der Waals surface area (Å²) in [6.45, 7) is 1.32. The van der Waals surface area contributed by atoms with Crippen LogP contribution in [0.1, 0.15) is 34.3 Å². The minimum absolute atomic E-state index is 0.0419. The first-order chi connectivity index (χ1) is 12.9. The fourth-order valence-electron chi connectivity index (χ4n) is 3.58. The number of ether oxygens (including phenoxy) is 1. The van der Waals surface area contributed by atoms with Crippen LogP contribution in [-0.2, 0) is 21.5 Å². The van der Waals surface area contributed by atoms with E-state index >= 15 is 0 Å². The number of carboxylic acids is 1. The van der Waals surface area contributed by atoms with Gasteiger partial charge in [0.15, 0.2) is 0 Å². The number of nitrogens with zero attached hydrogens (tertiary/aromatic N) is 1. The Balaban J connectivity index is 1.83. The summed E-state index contributed by atoms with van der Waals surface area (Å²) < 4.78 is 18.8. The molecule has 0 atom stereocenters. The van der Waals surface area contributed by atoms with Crippen molar-refractivity contribution in [2.75, 3.05) is 20.3 Å². The van der Waals surface area contributed by atoms with E-state index < -0.39 is 11.4 Å². The molecule has 142 valence electrons. The highest BCUT2D eigenvalue weighted by Gasteiger charge is 2.43. The summed E-state index contributed by atoms with van der Waals surface area (Å²) in [5.41, 5.74) is 1.12. The number of likely N-dealkylation sites (N-methyl/N-ethyl adjacent to an activating group) is 1. The molecule has 1 aliphatic heterocycles. The van der Waals surface area contributed by atoms with Crippen molar-refractivity contribution in [1.29, 1.82) is 0 Å². The van der Waals surface area contributed by atoms with Crippen molar-refractivity contribution in [1.82, 2.24) is 4.90 Å². The second-order valence-electron chi connectivity index (χ2n) is 6.86. The van der Waals surface area contributed by atoms with E-state index in [0.29, 0.717) is 32.6 Å². The van der Waals surface area contributed by atoms with Crippen molar-refractivity contribution in [3.05, 3.63) is 71.0 Å². The summed E-state index contributed by atoms with van der Waals surface area (Å²) in [5.74, 6) is -1.36. The standard InChI is InChI=1S/C21H22FNO4/c1-23(14-15-2-4-16(5-3-15)19(24)25)20(26)21(10-12-27-13-11-21)17-6-8-18(22)9-7-17/h2-9H,10-14H2,1H3,(H,24,25). The summed E-state index contributed by atoms with van der Waals surface area (Å²) in [6, 6.07) is 12.6. The first kappa shape index (κ1) is 19.0. The van der Waals surface area contributed by atoms with Gasteiger partial charge in [-0.05, 0) is 48.2 Å². The third-order valence-electron chi connectivity index (χ3n) is 5.12. The van der Waals surface area contributed by atoms with Crippen molar-refractivity contribution >= 4 is 11.9 Å². The molecule has 1 aliphatic rings. The van der Waals surface area contributed by atoms with Crippen LogP contribution in [-0.4, -0.2) is 42.1 Å². The van der Waals surface area contributed by atoms with Crippen molar-refractivity contribution in [2.24, 2.45) is 0 Å². The van der Waals surface area contributed by atoms with Crippen LogP contribution in [0.4, 0.5) is 4.39 Å². The topological polar surface area (TPSA) is 66.8 Å². The largest absolute Gasteiger partial charge is 0.478 e. The number of rotatable bonds is 5. The predicted octanol–water partition coefficient (Wildman–Crippen LogP) is 3.23. The second-order valence-corrected chi connectivity index (χ2v) is 6.86. The van der Waals surface area contributed by atoms with Crippen LogP contribution >= 0.6 is 0 Å². The number of benzene rings is 2. The van der Waals surface area contributed by atoms with Crippen LogP contribution < -0.4 is 0 Å². The number of carbonyl (C=O) groups excluding carboxylic acids is 1. The highest BCUT2D eigenvalue weighted by atomic mass is 19.1. The highest BCUT2D eigenvalue weighted by Crippen LogP contribution is 2.37. The highest BCUT2D eigenvalue weighted by molar-refractivity contribution is 5.89. The molecule has 0 aromatic heterocycles. The summed E-state index contributed by atoms with van der Waals surface area (Å²) in [7, 11) is 1.73. The smallest absolute Gasteiger partial charge is 0.335 e. The van der Waals surface area contributed by atoms with E-state index in [9.17, 15) is 14.0 Å². The Morgan fingerprint density at radius 2 is 1.67 bits per heavy atom. The van der Waals surface area contributed by atoms with E-state index in [4.69, 9.17) is 9.84 Å². The average Bonchev–Trinajstić information content (AvgIpc) is 2.68. The number of carbonyl (C=O) groups is 2. The third-order valence-corrected chi connectivity index (χ3v) is 5.12. The fraction of sp³-hybridized carbons (Fsp3) is 0.333. The Kier molecular flexibility index (Phi) is 5.56. The minimum Gasteiger partial charge on any atom is -0.478 e. The van der Waals surface area contributed by atoms with Gasteiger partial charge in [0, 0.05) is 26.8 Å². The molecule has 6 heteroatoms. The number of hydrogen-bond donors (Lipinski definition) is 1. The van der Waals surface area contributed by atoms with E-state index in [0.717, 1.165) is 11.1 Å². The molecule has 5 nitrogen and oxygen atoms in total. The maximum Gasteiger partial charge on any atom is 0.335 e. The number of halogens is 1. The van der Waals surface area contributed by atoms with Crippen molar-refractivity contribution < 1.29 is 23.8 Å². The van der Waals surface area contributed by atoms with Crippen molar-refractivity contribution in [3.63, 3.8) is 0 Å². The molecule has 2 aromatic rings. The molecule has 0 saturated carbocycles. The summed E-state index contributed by atoms with van der Waals surface area (Å²) >= 11 is 0. The van der Waals surface area contributed by atoms with Gasteiger partial charge in [-0.25, -0.2) is 9.18 Å². The van der Waals surface area contributed by atoms with Crippen molar-refractivity contribution in [3.8, 4) is 0 Å². The van der Waals surface area contributed by atoms with E-state index in [1.165, 1.54) is 24.3 Å². The Morgan fingerprint density at radius 3 is 2.22 bits per heavy atom. The molecule has 0 aliphatic carbocycles. The van der Waals surface area contributed by atoms with E-state index in [2.05, 4.69) is 0 Å². The molecule has 0 spiro atoms. The molecule has 1 amide bonds. The van der Waals surface area contributed by atoms with Gasteiger partial charge in [0.2, 0.25) is 5.91 Å². The van der Waals surface area contributed by atoms with Gasteiger partial charge in [-0.15, -0.1) is 0 Å². The minimum atomic E-state index is -0.983. The molecule has 1 heterocycles. The zero-order chi connectivity index (χ0) is 19.4. The zero-order valence-electron chi connectivity index (χ0n) is 15.2. The molecule has 1 fully saturated rings. The lowest BCUT2D eigenvalue weighted by Crippen LogP contribution is -2.48. The fourth-order valence-corrected chi connectivity index (χ4v) is 3.58. The van der Waals surface area contributed by atoms with E-state index in [1.54, 1.807) is 36.2 Å². The molecule has 27 heavy (non-hydrogen) atoms. The van der Waals surface area contributed by atoms with Crippen LogP contribution in [0.15, 0.2) is 48.5 Å². The van der Waals surface area contributed by atoms with E-state index in [-0.39, 0.29) is 17.3 Å². The zero-order valence-corrected chi connectivity index (χ0v) is 15.2. The molecule has 2 aromatic carbocycles. The number of aromatic carboxylic acids is 1. The van der Waals surface area contributed by atoms with Gasteiger partial charge in [-0.1, -0.05) is 24.3 Å². The van der Waals surface area contributed by atoms with Gasteiger partial charge in [0.1, 0.15) is 5.82 Å². The first-order valence-electron chi connectivity index (χ1n) is 8.84. The number of carboxylic acid groups (broad SMARTS) is 1. The lowest BCUT2D eigenvalue weighted by atomic mass is 9.73. The first-order valence-corrected chi connectivity index (χ1v) is 8.84. The lowest BCUT2D eigenvalue weighted by Gasteiger charge is -2.39. The predicted molar refractivity (Wildman–Crippen MR) is 98.0 cm³/mol. The van der Waals surface area contributed by atoms with Crippen LogP contribution in [0.3, 0.4) is 0 Å². The molecule has 1 saturated heterocycles. The van der Waals surface area contributed by atoms with Gasteiger partial charge < -0.3 is 14.7 Å².